The second-order valence-corrected chi connectivity index (χ2v) is 8.61. The predicted molar refractivity (Wildman–Crippen MR) is 104 cm³/mol. The fourth-order valence-corrected chi connectivity index (χ4v) is 3.26. The van der Waals surface area contributed by atoms with Crippen LogP contribution in [-0.4, -0.2) is 24.8 Å². The number of rotatable bonds is 13. The highest BCUT2D eigenvalue weighted by atomic mass is 32.2. The molecule has 0 heterocycles. The minimum atomic E-state index is -3.99. The molecule has 4 nitrogen and oxygen atoms in total. The summed E-state index contributed by atoms with van der Waals surface area (Å²) in [6, 6.07) is 6.18. The highest BCUT2D eigenvalue weighted by molar-refractivity contribution is 7.86. The van der Waals surface area contributed by atoms with Gasteiger partial charge in [-0.05, 0) is 49.8 Å². The number of ether oxygens (including phenoxy) is 1. The van der Waals surface area contributed by atoms with Crippen molar-refractivity contribution >= 4 is 10.1 Å². The van der Waals surface area contributed by atoms with E-state index in [1.54, 1.807) is 0 Å². The average molecular weight is 371 g/mol. The molecule has 0 aliphatic rings. The van der Waals surface area contributed by atoms with E-state index >= 15 is 0 Å². The first-order valence-electron chi connectivity index (χ1n) is 9.60. The van der Waals surface area contributed by atoms with E-state index in [0.29, 0.717) is 6.61 Å². The van der Waals surface area contributed by atoms with Crippen LogP contribution in [0.5, 0.6) is 5.75 Å². The first-order valence-corrected chi connectivity index (χ1v) is 11.1. The van der Waals surface area contributed by atoms with Crippen molar-refractivity contribution in [2.45, 2.75) is 83.8 Å². The lowest BCUT2D eigenvalue weighted by Crippen LogP contribution is -2.19. The van der Waals surface area contributed by atoms with Crippen LogP contribution >= 0.6 is 0 Å². The molecule has 1 rings (SSSR count). The van der Waals surface area contributed by atoms with Crippen LogP contribution in [0.25, 0.3) is 0 Å². The van der Waals surface area contributed by atoms with Gasteiger partial charge in [0.15, 0.2) is 0 Å². The molecule has 1 aromatic rings. The van der Waals surface area contributed by atoms with E-state index in [2.05, 4.69) is 19.9 Å². The molecule has 1 aromatic carbocycles. The van der Waals surface area contributed by atoms with Crippen molar-refractivity contribution in [1.82, 2.24) is 0 Å². The number of aryl methyl sites for hydroxylation is 1. The van der Waals surface area contributed by atoms with Crippen LogP contribution in [0.15, 0.2) is 18.2 Å². The maximum Gasteiger partial charge on any atom is 0.267 e. The topological polar surface area (TPSA) is 63.6 Å². The second kappa shape index (κ2) is 11.5. The summed E-state index contributed by atoms with van der Waals surface area (Å²) in [5, 5.41) is -0.802. The molecular formula is C20H34O4S. The van der Waals surface area contributed by atoms with E-state index in [4.69, 9.17) is 9.29 Å². The van der Waals surface area contributed by atoms with Gasteiger partial charge in [-0.3, -0.25) is 4.55 Å². The van der Waals surface area contributed by atoms with E-state index in [0.717, 1.165) is 25.0 Å². The third-order valence-corrected chi connectivity index (χ3v) is 5.85. The zero-order valence-electron chi connectivity index (χ0n) is 16.0. The van der Waals surface area contributed by atoms with Crippen LogP contribution in [-0.2, 0) is 23.0 Å². The molecular weight excluding hydrogens is 336 g/mol. The fourth-order valence-electron chi connectivity index (χ4n) is 2.87. The van der Waals surface area contributed by atoms with Crippen molar-refractivity contribution in [3.05, 3.63) is 29.3 Å². The predicted octanol–water partition coefficient (Wildman–Crippen LogP) is 5.20. The van der Waals surface area contributed by atoms with Gasteiger partial charge >= 0.3 is 0 Å². The minimum absolute atomic E-state index is 0.285. The molecule has 0 amide bonds. The summed E-state index contributed by atoms with van der Waals surface area (Å²) in [5.74, 6) is 0.868. The van der Waals surface area contributed by atoms with Crippen molar-refractivity contribution in [2.75, 3.05) is 6.61 Å². The lowest BCUT2D eigenvalue weighted by Gasteiger charge is -2.17. The maximum absolute atomic E-state index is 11.1. The first-order chi connectivity index (χ1) is 11.9. The van der Waals surface area contributed by atoms with Gasteiger partial charge in [-0.25, -0.2) is 0 Å². The molecule has 5 heteroatoms. The Balaban J connectivity index is 2.79. The quantitative estimate of drug-likeness (QED) is 0.383. The molecule has 0 bridgehead atoms. The van der Waals surface area contributed by atoms with E-state index in [1.165, 1.54) is 50.2 Å². The van der Waals surface area contributed by atoms with Gasteiger partial charge in [0.25, 0.3) is 10.1 Å². The van der Waals surface area contributed by atoms with Gasteiger partial charge in [0.05, 0.1) is 11.9 Å². The number of hydrogen-bond acceptors (Lipinski definition) is 3. The smallest absolute Gasteiger partial charge is 0.267 e. The van der Waals surface area contributed by atoms with Gasteiger partial charge in [0, 0.05) is 6.42 Å². The summed E-state index contributed by atoms with van der Waals surface area (Å²) in [4.78, 5) is 0. The Kier molecular flexibility index (Phi) is 10.1. The van der Waals surface area contributed by atoms with E-state index in [9.17, 15) is 8.42 Å². The molecule has 0 saturated carbocycles. The molecule has 0 spiro atoms. The zero-order chi connectivity index (χ0) is 18.7. The highest BCUT2D eigenvalue weighted by Gasteiger charge is 2.17. The summed E-state index contributed by atoms with van der Waals surface area (Å²) >= 11 is 0. The molecule has 0 radical (unpaired) electrons. The van der Waals surface area contributed by atoms with Gasteiger partial charge in [-0.1, -0.05) is 51.7 Å². The Morgan fingerprint density at radius 1 is 1.04 bits per heavy atom. The van der Waals surface area contributed by atoms with Crippen molar-refractivity contribution in [1.29, 1.82) is 0 Å². The first kappa shape index (κ1) is 22.0. The largest absolute Gasteiger partial charge is 0.493 e. The lowest BCUT2D eigenvalue weighted by molar-refractivity contribution is 0.303. The van der Waals surface area contributed by atoms with Crippen molar-refractivity contribution in [3.63, 3.8) is 0 Å². The van der Waals surface area contributed by atoms with E-state index in [1.807, 2.05) is 12.1 Å². The number of benzene rings is 1. The van der Waals surface area contributed by atoms with Gasteiger partial charge in [0.2, 0.25) is 0 Å². The molecule has 0 aromatic heterocycles. The second-order valence-electron chi connectivity index (χ2n) is 6.77. The Hall–Kier alpha value is -1.07. The normalized spacial score (nSPS) is 13.0. The van der Waals surface area contributed by atoms with Crippen molar-refractivity contribution in [2.24, 2.45) is 0 Å². The van der Waals surface area contributed by atoms with E-state index < -0.39 is 15.4 Å². The Labute approximate surface area is 153 Å². The molecule has 0 aliphatic carbocycles. The zero-order valence-corrected chi connectivity index (χ0v) is 16.8. The highest BCUT2D eigenvalue weighted by Crippen LogP contribution is 2.27. The molecule has 0 saturated heterocycles. The third-order valence-electron chi connectivity index (χ3n) is 4.60. The number of unbranched alkanes of at least 4 members (excludes halogenated alkanes) is 4. The molecule has 0 aliphatic heterocycles. The summed E-state index contributed by atoms with van der Waals surface area (Å²) in [6.45, 7) is 6.20. The summed E-state index contributed by atoms with van der Waals surface area (Å²) in [7, 11) is -3.99. The average Bonchev–Trinajstić information content (AvgIpc) is 2.56. The van der Waals surface area contributed by atoms with Crippen molar-refractivity contribution < 1.29 is 17.7 Å². The monoisotopic (exact) mass is 370 g/mol. The third kappa shape index (κ3) is 8.23. The van der Waals surface area contributed by atoms with Gasteiger partial charge < -0.3 is 4.74 Å². The summed E-state index contributed by atoms with van der Waals surface area (Å²) in [5.41, 5.74) is 2.62. The van der Waals surface area contributed by atoms with Crippen molar-refractivity contribution in [3.8, 4) is 5.75 Å². The van der Waals surface area contributed by atoms with Gasteiger partial charge in [-0.2, -0.15) is 8.42 Å². The van der Waals surface area contributed by atoms with Crippen LogP contribution in [0, 0.1) is 0 Å². The molecule has 1 N–H and O–H groups in total. The van der Waals surface area contributed by atoms with Gasteiger partial charge in [0.1, 0.15) is 5.75 Å². The fraction of sp³-hybridized carbons (Fsp3) is 0.700. The van der Waals surface area contributed by atoms with Crippen LogP contribution < -0.4 is 4.74 Å². The Morgan fingerprint density at radius 2 is 1.68 bits per heavy atom. The molecule has 144 valence electrons. The standard InChI is InChI=1S/C20H34O4S/c1-4-6-8-11-18-12-10-14-20(19(18)13-9-7-5-2)24-16-15-17(3)25(21,22)23/h10,12,14,17H,4-9,11,13,15-16H2,1-3H3,(H,21,22,23). The van der Waals surface area contributed by atoms with Crippen LogP contribution in [0.1, 0.15) is 76.8 Å². The summed E-state index contributed by atoms with van der Waals surface area (Å²) < 4.78 is 37.2. The van der Waals surface area contributed by atoms with E-state index in [-0.39, 0.29) is 6.42 Å². The molecule has 25 heavy (non-hydrogen) atoms. The van der Waals surface area contributed by atoms with Crippen LogP contribution in [0.3, 0.4) is 0 Å². The summed E-state index contributed by atoms with van der Waals surface area (Å²) in [6.07, 6.45) is 9.48. The number of hydrogen-bond donors (Lipinski definition) is 1. The van der Waals surface area contributed by atoms with Crippen LogP contribution in [0.2, 0.25) is 0 Å². The molecule has 1 unspecified atom stereocenters. The van der Waals surface area contributed by atoms with Gasteiger partial charge in [-0.15, -0.1) is 0 Å². The van der Waals surface area contributed by atoms with Crippen LogP contribution in [0.4, 0.5) is 0 Å². The maximum atomic E-state index is 11.1. The lowest BCUT2D eigenvalue weighted by atomic mass is 9.96. The minimum Gasteiger partial charge on any atom is -0.493 e. The Morgan fingerprint density at radius 3 is 2.28 bits per heavy atom. The SMILES string of the molecule is CCCCCc1cccc(OCCC(C)S(=O)(=O)O)c1CCCCC. The molecule has 1 atom stereocenters. The Bertz CT molecular complexity index is 596. The molecule has 0 fully saturated rings.